The molecular weight excluding hydrogens is 624 g/mol. The smallest absolute Gasteiger partial charge is 0.393 e. The van der Waals surface area contributed by atoms with E-state index in [2.05, 4.69) is 0 Å². The van der Waals surface area contributed by atoms with Crippen molar-refractivity contribution < 1.29 is 62.4 Å². The highest BCUT2D eigenvalue weighted by molar-refractivity contribution is 7.80. The summed E-state index contributed by atoms with van der Waals surface area (Å²) in [5.41, 5.74) is -2.77. The van der Waals surface area contributed by atoms with Crippen LogP contribution in [0.25, 0.3) is 0 Å². The van der Waals surface area contributed by atoms with Crippen LogP contribution in [0.2, 0.25) is 0 Å². The standard InChI is InChI=1S/C32H54O13S/c1-15(2)21(44-29-27(38)24(35)20(34)14-43-29)7-6-16(3)23-25(36)26(37)28-31(23,5)11-9-22-30(4)10-8-17(45-46(40,41)42)12-18(30)19(33)13-32(22,28)39/h6-7,15-29,33-39H,8-14H2,1-5H3,(H,40,41,42)/b7-6+/t16-,17+,18?,19+,20?,21+,22?,23+,24?,25-,26?,27?,28?,29?,30+,31-,32+/m1/s1. The van der Waals surface area contributed by atoms with Gasteiger partial charge in [-0.1, -0.05) is 46.8 Å². The Labute approximate surface area is 271 Å². The Kier molecular flexibility index (Phi) is 10.2. The molecule has 0 aromatic heterocycles. The molecule has 14 heteroatoms. The lowest BCUT2D eigenvalue weighted by molar-refractivity contribution is -0.280. The highest BCUT2D eigenvalue weighted by Crippen LogP contribution is 2.69. The Hall–Kier alpha value is -0.750. The normalized spacial score (nSPS) is 51.0. The van der Waals surface area contributed by atoms with Gasteiger partial charge in [0, 0.05) is 12.3 Å². The topological polar surface area (TPSA) is 224 Å². The van der Waals surface area contributed by atoms with Crippen LogP contribution in [-0.2, 0) is 24.1 Å². The summed E-state index contributed by atoms with van der Waals surface area (Å²) < 4.78 is 48.3. The van der Waals surface area contributed by atoms with E-state index in [9.17, 15) is 48.7 Å². The van der Waals surface area contributed by atoms with E-state index in [1.807, 2.05) is 46.8 Å². The first-order chi connectivity index (χ1) is 21.2. The Balaban J connectivity index is 1.36. The van der Waals surface area contributed by atoms with E-state index >= 15 is 0 Å². The number of hydrogen-bond donors (Lipinski definition) is 8. The summed E-state index contributed by atoms with van der Waals surface area (Å²) in [5.74, 6) is -2.22. The van der Waals surface area contributed by atoms with E-state index in [0.29, 0.717) is 25.7 Å². The molecule has 5 fully saturated rings. The van der Waals surface area contributed by atoms with E-state index in [0.717, 1.165) is 0 Å². The zero-order valence-electron chi connectivity index (χ0n) is 27.3. The molecule has 8 unspecified atom stereocenters. The fraction of sp³-hybridized carbons (Fsp3) is 0.938. The Morgan fingerprint density at radius 1 is 0.870 bits per heavy atom. The molecule has 266 valence electrons. The summed E-state index contributed by atoms with van der Waals surface area (Å²) in [7, 11) is -4.65. The van der Waals surface area contributed by atoms with Gasteiger partial charge >= 0.3 is 10.4 Å². The van der Waals surface area contributed by atoms with Crippen molar-refractivity contribution >= 4 is 10.4 Å². The second-order valence-corrected chi connectivity index (χ2v) is 16.8. The van der Waals surface area contributed by atoms with Gasteiger partial charge in [0.1, 0.15) is 18.3 Å². The molecule has 0 aromatic rings. The lowest BCUT2D eigenvalue weighted by atomic mass is 9.42. The molecule has 0 amide bonds. The minimum Gasteiger partial charge on any atom is -0.393 e. The minimum atomic E-state index is -4.65. The van der Waals surface area contributed by atoms with Crippen molar-refractivity contribution in [3.8, 4) is 0 Å². The third-order valence-corrected chi connectivity index (χ3v) is 13.2. The fourth-order valence-corrected chi connectivity index (χ4v) is 11.1. The first kappa shape index (κ1) is 36.5. The number of aliphatic hydroxyl groups is 7. The highest BCUT2D eigenvalue weighted by Gasteiger charge is 2.72. The second kappa shape index (κ2) is 12.9. The predicted octanol–water partition coefficient (Wildman–Crippen LogP) is 0.533. The Morgan fingerprint density at radius 2 is 1.52 bits per heavy atom. The Bertz CT molecular complexity index is 1230. The third kappa shape index (κ3) is 6.24. The summed E-state index contributed by atoms with van der Waals surface area (Å²) in [5, 5.41) is 77.4. The average molecular weight is 679 g/mol. The first-order valence-electron chi connectivity index (χ1n) is 16.7. The van der Waals surface area contributed by atoms with Crippen LogP contribution in [-0.4, -0.2) is 116 Å². The molecule has 0 aromatic carbocycles. The van der Waals surface area contributed by atoms with E-state index in [4.69, 9.17) is 13.7 Å². The molecule has 1 saturated heterocycles. The van der Waals surface area contributed by atoms with Crippen LogP contribution in [0.5, 0.6) is 0 Å². The van der Waals surface area contributed by atoms with Crippen molar-refractivity contribution in [3.05, 3.63) is 12.2 Å². The van der Waals surface area contributed by atoms with Crippen LogP contribution in [0.1, 0.15) is 73.1 Å². The van der Waals surface area contributed by atoms with Crippen molar-refractivity contribution in [1.29, 1.82) is 0 Å². The maximum atomic E-state index is 12.6. The molecule has 46 heavy (non-hydrogen) atoms. The predicted molar refractivity (Wildman–Crippen MR) is 163 cm³/mol. The van der Waals surface area contributed by atoms with Crippen LogP contribution < -0.4 is 0 Å². The second-order valence-electron chi connectivity index (χ2n) is 15.7. The van der Waals surface area contributed by atoms with Gasteiger partial charge in [0.25, 0.3) is 0 Å². The van der Waals surface area contributed by atoms with Crippen LogP contribution in [0.3, 0.4) is 0 Å². The molecule has 13 nitrogen and oxygen atoms in total. The van der Waals surface area contributed by atoms with Crippen molar-refractivity contribution in [1.82, 2.24) is 0 Å². The molecule has 4 aliphatic carbocycles. The molecule has 0 spiro atoms. The first-order valence-corrected chi connectivity index (χ1v) is 18.0. The fourth-order valence-electron chi connectivity index (χ4n) is 10.6. The van der Waals surface area contributed by atoms with E-state index in [-0.39, 0.29) is 43.1 Å². The summed E-state index contributed by atoms with van der Waals surface area (Å²) in [6.07, 6.45) is -4.06. The number of ether oxygens (including phenoxy) is 2. The lowest BCUT2D eigenvalue weighted by Crippen LogP contribution is -2.68. The summed E-state index contributed by atoms with van der Waals surface area (Å²) in [4.78, 5) is 0. The average Bonchev–Trinajstić information content (AvgIpc) is 3.15. The third-order valence-electron chi connectivity index (χ3n) is 12.6. The number of allylic oxidation sites excluding steroid dienone is 1. The van der Waals surface area contributed by atoms with Gasteiger partial charge < -0.3 is 45.2 Å². The molecule has 0 bridgehead atoms. The number of hydrogen-bond acceptors (Lipinski definition) is 12. The minimum absolute atomic E-state index is 0.0367. The van der Waals surface area contributed by atoms with Gasteiger partial charge in [-0.2, -0.15) is 8.42 Å². The molecule has 17 atom stereocenters. The lowest BCUT2D eigenvalue weighted by Gasteiger charge is -2.65. The summed E-state index contributed by atoms with van der Waals surface area (Å²) in [6.45, 7) is 9.60. The van der Waals surface area contributed by atoms with Gasteiger partial charge in [-0.25, -0.2) is 4.18 Å². The molecule has 5 aliphatic rings. The number of rotatable bonds is 8. The molecule has 1 aliphatic heterocycles. The van der Waals surface area contributed by atoms with E-state index < -0.39 is 93.8 Å². The van der Waals surface area contributed by atoms with Crippen molar-refractivity contribution in [3.63, 3.8) is 0 Å². The van der Waals surface area contributed by atoms with Crippen molar-refractivity contribution in [2.75, 3.05) is 6.61 Å². The maximum Gasteiger partial charge on any atom is 0.397 e. The largest absolute Gasteiger partial charge is 0.397 e. The highest BCUT2D eigenvalue weighted by atomic mass is 32.3. The molecule has 1 heterocycles. The number of fused-ring (bicyclic) bond motifs is 5. The van der Waals surface area contributed by atoms with Crippen LogP contribution in [0.15, 0.2) is 12.2 Å². The van der Waals surface area contributed by atoms with Gasteiger partial charge in [-0.15, -0.1) is 0 Å². The summed E-state index contributed by atoms with van der Waals surface area (Å²) in [6, 6.07) is 0. The van der Waals surface area contributed by atoms with Gasteiger partial charge in [-0.05, 0) is 72.5 Å². The molecule has 5 rings (SSSR count). The molecule has 4 saturated carbocycles. The molecular formula is C32H54O13S. The zero-order valence-corrected chi connectivity index (χ0v) is 28.1. The monoisotopic (exact) mass is 678 g/mol. The summed E-state index contributed by atoms with van der Waals surface area (Å²) >= 11 is 0. The van der Waals surface area contributed by atoms with Crippen LogP contribution >= 0.6 is 0 Å². The van der Waals surface area contributed by atoms with Gasteiger partial charge in [0.05, 0.1) is 42.7 Å². The van der Waals surface area contributed by atoms with Gasteiger partial charge in [0.2, 0.25) is 0 Å². The van der Waals surface area contributed by atoms with Crippen LogP contribution in [0, 0.1) is 46.3 Å². The van der Waals surface area contributed by atoms with Gasteiger partial charge in [-0.3, -0.25) is 4.55 Å². The SMILES string of the molecule is CC(C)[C@H](/C=C/[C@@H](C)[C@H]1[C@@H](O)C(O)C2[C@]3(O)C[C@H](O)C4C[C@@H](OS(=O)(=O)O)CC[C@]4(C)C3CC[C@@]21C)OC1OCC(O)C(O)C1O. The van der Waals surface area contributed by atoms with Crippen molar-refractivity contribution in [2.24, 2.45) is 46.3 Å². The quantitative estimate of drug-likeness (QED) is 0.130. The number of aliphatic hydroxyl groups excluding tert-OH is 6. The zero-order chi connectivity index (χ0) is 34.1. The van der Waals surface area contributed by atoms with E-state index in [1.165, 1.54) is 0 Å². The van der Waals surface area contributed by atoms with Gasteiger partial charge in [0.15, 0.2) is 6.29 Å². The maximum absolute atomic E-state index is 12.6. The molecule has 8 N–H and O–H groups in total. The van der Waals surface area contributed by atoms with Crippen molar-refractivity contribution in [2.45, 2.75) is 134 Å². The van der Waals surface area contributed by atoms with E-state index in [1.54, 1.807) is 0 Å². The molecule has 0 radical (unpaired) electrons. The Morgan fingerprint density at radius 3 is 2.15 bits per heavy atom. The van der Waals surface area contributed by atoms with Crippen LogP contribution in [0.4, 0.5) is 0 Å².